The Bertz CT molecular complexity index is 1770. The van der Waals surface area contributed by atoms with Crippen LogP contribution in [0.5, 0.6) is 0 Å². The fourth-order valence-electron chi connectivity index (χ4n) is 11.1. The molecule has 6 bridgehead atoms. The number of nitrogens with one attached hydrogen (secondary N) is 2. The second-order valence-electron chi connectivity index (χ2n) is 18.5. The number of carbonyl (C=O) groups excluding carboxylic acids is 2. The van der Waals surface area contributed by atoms with E-state index in [1.165, 1.54) is 12.8 Å². The number of carbonyl (C=O) groups is 2. The molecule has 6 aliphatic rings. The third-order valence-corrected chi connectivity index (χ3v) is 15.4. The van der Waals surface area contributed by atoms with Crippen LogP contribution in [0.25, 0.3) is 0 Å². The van der Waals surface area contributed by atoms with Crippen LogP contribution in [0.1, 0.15) is 99.3 Å². The Hall–Kier alpha value is -3.50. The summed E-state index contributed by atoms with van der Waals surface area (Å²) in [4.78, 5) is 23.8. The molecule has 8 nitrogen and oxygen atoms in total. The molecule has 6 saturated carbocycles. The number of para-hydroxylation sites is 2. The Labute approximate surface area is 322 Å². The van der Waals surface area contributed by atoms with Crippen molar-refractivity contribution in [2.45, 2.75) is 122 Å². The molecule has 9 rings (SSSR count). The Balaban J connectivity index is 0.000000127. The fourth-order valence-corrected chi connectivity index (χ4v) is 11.1. The van der Waals surface area contributed by atoms with Crippen molar-refractivity contribution >= 4 is 35.5 Å². The van der Waals surface area contributed by atoms with Gasteiger partial charge in [0.25, 0.3) is 0 Å². The summed E-state index contributed by atoms with van der Waals surface area (Å²) in [5.41, 5.74) is 8.20. The Kier molecular flexibility index (Phi) is 11.1. The molecular formula is C45H62BN3O5. The Morgan fingerprint density at radius 1 is 0.611 bits per heavy atom. The summed E-state index contributed by atoms with van der Waals surface area (Å²) >= 11 is 0. The minimum atomic E-state index is -1.34. The minimum absolute atomic E-state index is 0.0596. The molecule has 0 aromatic heterocycles. The highest BCUT2D eigenvalue weighted by Gasteiger charge is 2.65. The van der Waals surface area contributed by atoms with E-state index in [2.05, 4.69) is 64.3 Å². The third kappa shape index (κ3) is 6.73. The van der Waals surface area contributed by atoms with Crippen LogP contribution in [0.4, 0.5) is 11.4 Å². The largest absolute Gasteiger partial charge is 0.488 e. The number of benzene rings is 3. The number of nitrogens with two attached hydrogens (primary N) is 1. The van der Waals surface area contributed by atoms with Gasteiger partial charge in [0.05, 0.1) is 17.2 Å². The number of Topliss-reactive ketones (excluding diaryl/α,β-unsaturated/α-hetero) is 2. The molecule has 290 valence electrons. The smallest absolute Gasteiger partial charge is 0.423 e. The van der Waals surface area contributed by atoms with Gasteiger partial charge in [-0.1, -0.05) is 108 Å². The summed E-state index contributed by atoms with van der Waals surface area (Å²) in [6.07, 6.45) is 8.76. The summed E-state index contributed by atoms with van der Waals surface area (Å²) in [7, 11) is -1.34. The number of aliphatic hydroxyl groups excluding tert-OH is 1. The van der Waals surface area contributed by atoms with Gasteiger partial charge in [0.1, 0.15) is 5.54 Å². The molecule has 0 aliphatic heterocycles. The first-order chi connectivity index (χ1) is 25.4. The highest BCUT2D eigenvalue weighted by atomic mass is 16.4. The van der Waals surface area contributed by atoms with E-state index in [1.54, 1.807) is 24.3 Å². The summed E-state index contributed by atoms with van der Waals surface area (Å²) in [5, 5.41) is 34.7. The quantitative estimate of drug-likeness (QED) is 0.158. The van der Waals surface area contributed by atoms with Crippen molar-refractivity contribution in [3.63, 3.8) is 0 Å². The van der Waals surface area contributed by atoms with E-state index in [1.807, 2.05) is 54.6 Å². The number of anilines is 2. The second-order valence-corrected chi connectivity index (χ2v) is 18.5. The molecule has 0 saturated heterocycles. The molecule has 3 aromatic carbocycles. The number of ketones is 2. The van der Waals surface area contributed by atoms with Gasteiger partial charge in [-0.3, -0.25) is 9.59 Å². The summed E-state index contributed by atoms with van der Waals surface area (Å²) < 4.78 is 0. The monoisotopic (exact) mass is 735 g/mol. The molecule has 54 heavy (non-hydrogen) atoms. The highest BCUT2D eigenvalue weighted by Crippen LogP contribution is 2.62. The maximum Gasteiger partial charge on any atom is 0.488 e. The van der Waals surface area contributed by atoms with Gasteiger partial charge in [-0.15, -0.1) is 0 Å². The number of rotatable bonds is 5. The average molecular weight is 736 g/mol. The Morgan fingerprint density at radius 2 is 1.09 bits per heavy atom. The lowest BCUT2D eigenvalue weighted by molar-refractivity contribution is -0.124. The first-order valence-corrected chi connectivity index (χ1v) is 20.0. The van der Waals surface area contributed by atoms with E-state index in [0.29, 0.717) is 34.8 Å². The maximum absolute atomic E-state index is 12.3. The van der Waals surface area contributed by atoms with Crippen LogP contribution >= 0.6 is 0 Å². The van der Waals surface area contributed by atoms with E-state index in [-0.39, 0.29) is 33.4 Å². The molecule has 0 heterocycles. The zero-order valence-corrected chi connectivity index (χ0v) is 33.1. The van der Waals surface area contributed by atoms with E-state index >= 15 is 0 Å². The minimum Gasteiger partial charge on any atom is -0.423 e. The van der Waals surface area contributed by atoms with Gasteiger partial charge >= 0.3 is 7.12 Å². The van der Waals surface area contributed by atoms with E-state index in [0.717, 1.165) is 56.3 Å². The normalized spacial score (nSPS) is 33.8. The van der Waals surface area contributed by atoms with Gasteiger partial charge in [-0.2, -0.15) is 0 Å². The Morgan fingerprint density at radius 3 is 1.44 bits per heavy atom. The molecule has 6 fully saturated rings. The zero-order chi connectivity index (χ0) is 39.2. The molecule has 0 amide bonds. The van der Waals surface area contributed by atoms with Crippen molar-refractivity contribution in [2.24, 2.45) is 39.7 Å². The van der Waals surface area contributed by atoms with E-state index < -0.39 is 12.7 Å². The van der Waals surface area contributed by atoms with Crippen molar-refractivity contribution in [3.8, 4) is 0 Å². The van der Waals surface area contributed by atoms with Crippen molar-refractivity contribution in [3.05, 3.63) is 91.0 Å². The van der Waals surface area contributed by atoms with Crippen molar-refractivity contribution in [1.82, 2.24) is 0 Å². The van der Waals surface area contributed by atoms with Crippen molar-refractivity contribution in [1.29, 1.82) is 0 Å². The lowest BCUT2D eigenvalue weighted by Crippen LogP contribution is -2.52. The molecular weight excluding hydrogens is 673 g/mol. The predicted molar refractivity (Wildman–Crippen MR) is 218 cm³/mol. The molecule has 6 aliphatic carbocycles. The van der Waals surface area contributed by atoms with E-state index in [4.69, 9.17) is 15.8 Å². The van der Waals surface area contributed by atoms with Crippen LogP contribution in [0.2, 0.25) is 0 Å². The van der Waals surface area contributed by atoms with Crippen LogP contribution in [-0.2, 0) is 9.59 Å². The topological polar surface area (TPSA) is 145 Å². The second kappa shape index (κ2) is 14.9. The van der Waals surface area contributed by atoms with Gasteiger partial charge < -0.3 is 31.5 Å². The lowest BCUT2D eigenvalue weighted by Gasteiger charge is -2.42. The molecule has 3 aromatic rings. The van der Waals surface area contributed by atoms with Crippen LogP contribution in [0.15, 0.2) is 91.0 Å². The molecule has 0 spiro atoms. The highest BCUT2D eigenvalue weighted by molar-refractivity contribution is 6.58. The first-order valence-electron chi connectivity index (χ1n) is 20.0. The van der Waals surface area contributed by atoms with E-state index in [9.17, 15) is 14.7 Å². The van der Waals surface area contributed by atoms with Gasteiger partial charge in [0.15, 0.2) is 11.6 Å². The van der Waals surface area contributed by atoms with Crippen LogP contribution in [0, 0.1) is 34.0 Å². The molecule has 9 heteroatoms. The van der Waals surface area contributed by atoms with Crippen molar-refractivity contribution in [2.75, 3.05) is 10.6 Å². The first kappa shape index (κ1) is 40.2. The maximum atomic E-state index is 12.3. The zero-order valence-electron chi connectivity index (χ0n) is 33.1. The standard InChI is InChI=1S/C15H21NO.C15H19NO.C9H15NO.C6H7BO2/c2*1-14(2)11-8-9-15(14,13(17)10-11)16-12-6-4-3-5-7-12;1-8(2)6-3-4-9(8,10)7(11)5-6;8-7(9)6-4-2-1-3-5-6/h3-7,11,13,16-17H,8-10H2,1-2H3;3-7,11,16H,8-10H2,1-2H3;6H,3-5,10H2,1-2H3;1-5,8-9H/t11-,13-,15-;11-,15-;6-,9-;/m111./s1. The number of hydrogen-bond acceptors (Lipinski definition) is 8. The number of hydrogen-bond donors (Lipinski definition) is 6. The summed E-state index contributed by atoms with van der Waals surface area (Å²) in [5.74, 6) is 2.47. The molecule has 7 N–H and O–H groups in total. The van der Waals surface area contributed by atoms with Gasteiger partial charge in [0, 0.05) is 24.2 Å². The summed E-state index contributed by atoms with van der Waals surface area (Å²) in [6, 6.07) is 29.1. The van der Waals surface area contributed by atoms with Gasteiger partial charge in [-0.05, 0) is 109 Å². The van der Waals surface area contributed by atoms with Gasteiger partial charge in [-0.25, -0.2) is 0 Å². The lowest BCUT2D eigenvalue weighted by atomic mass is 9.75. The van der Waals surface area contributed by atoms with Crippen LogP contribution in [0.3, 0.4) is 0 Å². The average Bonchev–Trinajstić information content (AvgIpc) is 3.80. The SMILES string of the molecule is CC1(C)[C@@H]2CC[C@@]1(N)C(=O)C2.CC1(C)[C@@H]2CC[C@@]1(Nc1ccccc1)C(=O)C2.CC1(C)[C@@H]2CC[C@@]1(Nc1ccccc1)[C@H](O)C2.OB(O)c1ccccc1. The van der Waals surface area contributed by atoms with Crippen LogP contribution < -0.4 is 21.8 Å². The van der Waals surface area contributed by atoms with Crippen molar-refractivity contribution < 1.29 is 24.7 Å². The fraction of sp³-hybridized carbons (Fsp3) is 0.556. The van der Waals surface area contributed by atoms with Gasteiger partial charge in [0.2, 0.25) is 0 Å². The number of fused-ring (bicyclic) bond motifs is 6. The molecule has 0 radical (unpaired) electrons. The molecule has 7 atom stereocenters. The van der Waals surface area contributed by atoms with Crippen LogP contribution in [-0.4, -0.2) is 56.6 Å². The predicted octanol–water partition coefficient (Wildman–Crippen LogP) is 6.74. The summed E-state index contributed by atoms with van der Waals surface area (Å²) in [6.45, 7) is 13.4. The number of aliphatic hydroxyl groups is 1. The third-order valence-electron chi connectivity index (χ3n) is 15.4. The molecule has 0 unspecified atom stereocenters.